The van der Waals surface area contributed by atoms with Crippen LogP contribution in [-0.2, 0) is 4.46 Å². The lowest BCUT2D eigenvalue weighted by molar-refractivity contribution is 0.0697. The van der Waals surface area contributed by atoms with Gasteiger partial charge in [-0.2, -0.15) is 0 Å². The van der Waals surface area contributed by atoms with Crippen molar-refractivity contribution in [2.75, 3.05) is 19.8 Å². The van der Waals surface area contributed by atoms with E-state index in [0.717, 1.165) is 0 Å². The molecule has 0 heterocycles. The van der Waals surface area contributed by atoms with Crippen LogP contribution in [0.5, 0.6) is 0 Å². The first kappa shape index (κ1) is 24.1. The number of hydrogen-bond donors (Lipinski definition) is 6. The molecule has 0 fully saturated rings. The summed E-state index contributed by atoms with van der Waals surface area (Å²) in [6, 6.07) is 0. The SMILES string of the molecule is NC(CO)(CO)CO.O=[Si](O)O.[AlH3].[MgH2]. The normalized spacial score (nSPS) is 8.57. The van der Waals surface area contributed by atoms with Crippen molar-refractivity contribution in [1.82, 2.24) is 0 Å². The molecule has 84 valence electrons. The highest BCUT2D eigenvalue weighted by Crippen LogP contribution is 1.93. The van der Waals surface area contributed by atoms with Crippen LogP contribution in [0.2, 0.25) is 0 Å². The molecule has 0 unspecified atom stereocenters. The fourth-order valence-electron chi connectivity index (χ4n) is 0.150. The molecule has 0 saturated carbocycles. The Labute approximate surface area is 110 Å². The lowest BCUT2D eigenvalue weighted by Crippen LogP contribution is -2.50. The van der Waals surface area contributed by atoms with Gasteiger partial charge in [-0.3, -0.25) is 4.46 Å². The Morgan fingerprint density at radius 2 is 1.21 bits per heavy atom. The summed E-state index contributed by atoms with van der Waals surface area (Å²) in [4.78, 5) is 14.3. The van der Waals surface area contributed by atoms with Crippen LogP contribution in [0, 0.1) is 0 Å². The summed E-state index contributed by atoms with van der Waals surface area (Å²) in [6.07, 6.45) is 0. The minimum absolute atomic E-state index is 0. The Kier molecular flexibility index (Phi) is 23.7. The van der Waals surface area contributed by atoms with E-state index in [2.05, 4.69) is 0 Å². The van der Waals surface area contributed by atoms with E-state index < -0.39 is 34.5 Å². The lowest BCUT2D eigenvalue weighted by atomic mass is 10.1. The van der Waals surface area contributed by atoms with Crippen LogP contribution in [0.3, 0.4) is 0 Å². The molecule has 0 bridgehead atoms. The zero-order valence-electron chi connectivity index (χ0n) is 6.34. The van der Waals surface area contributed by atoms with Gasteiger partial charge in [-0.15, -0.1) is 0 Å². The molecular weight excluding hydrogens is 237 g/mol. The fourth-order valence-corrected chi connectivity index (χ4v) is 0.150. The van der Waals surface area contributed by atoms with Gasteiger partial charge in [0, 0.05) is 0 Å². The van der Waals surface area contributed by atoms with Gasteiger partial charge in [0.1, 0.15) is 0 Å². The molecule has 14 heavy (non-hydrogen) atoms. The quantitative estimate of drug-likeness (QED) is 0.275. The van der Waals surface area contributed by atoms with E-state index in [1.807, 2.05) is 0 Å². The Morgan fingerprint density at radius 1 is 1.07 bits per heavy atom. The molecule has 0 aromatic heterocycles. The lowest BCUT2D eigenvalue weighted by Gasteiger charge is -2.20. The molecular formula is C4H18AlMgNO6Si. The number of rotatable bonds is 3. The van der Waals surface area contributed by atoms with Crippen LogP contribution < -0.4 is 5.73 Å². The largest absolute Gasteiger partial charge is 0.761 e. The smallest absolute Gasteiger partial charge is 0.511 e. The molecule has 7 nitrogen and oxygen atoms in total. The van der Waals surface area contributed by atoms with Crippen LogP contribution in [0.1, 0.15) is 0 Å². The van der Waals surface area contributed by atoms with Crippen molar-refractivity contribution in [3.8, 4) is 0 Å². The third-order valence-electron chi connectivity index (χ3n) is 0.945. The Morgan fingerprint density at radius 3 is 1.21 bits per heavy atom. The van der Waals surface area contributed by atoms with Gasteiger partial charge in [0.25, 0.3) is 0 Å². The first-order valence-corrected chi connectivity index (χ1v) is 4.25. The second kappa shape index (κ2) is 13.8. The maximum Gasteiger partial charge on any atom is 0.761 e. The van der Waals surface area contributed by atoms with Gasteiger partial charge >= 0.3 is 32.2 Å². The maximum absolute atomic E-state index is 8.74. The first-order valence-electron chi connectivity index (χ1n) is 2.95. The molecule has 7 N–H and O–H groups in total. The molecule has 10 heteroatoms. The number of nitrogens with two attached hydrogens (primary N) is 1. The summed E-state index contributed by atoms with van der Waals surface area (Å²) in [5, 5.41) is 25.0. The standard InChI is InChI=1S/C4H11NO3.Al.Mg.H2O3Si.5H/c5-4(1-6,2-7)3-8;;;1-4(2)3;;;;;/h6-8H,1-3,5H2;;;1-2H;;;;;. The van der Waals surface area contributed by atoms with Gasteiger partial charge in [-0.05, 0) is 0 Å². The van der Waals surface area contributed by atoms with Gasteiger partial charge in [-0.1, -0.05) is 0 Å². The van der Waals surface area contributed by atoms with Gasteiger partial charge in [0.2, 0.25) is 0 Å². The Bertz CT molecular complexity index is 125. The van der Waals surface area contributed by atoms with Crippen LogP contribution in [-0.4, -0.2) is 99.9 Å². The van der Waals surface area contributed by atoms with E-state index in [-0.39, 0.29) is 40.4 Å². The van der Waals surface area contributed by atoms with E-state index in [1.54, 1.807) is 0 Å². The monoisotopic (exact) mass is 255 g/mol. The van der Waals surface area contributed by atoms with Crippen molar-refractivity contribution in [3.63, 3.8) is 0 Å². The zero-order chi connectivity index (χ0) is 10.2. The third kappa shape index (κ3) is 18.5. The molecule has 0 aromatic carbocycles. The minimum atomic E-state index is -3.13. The second-order valence-electron chi connectivity index (χ2n) is 2.12. The highest BCUT2D eigenvalue weighted by molar-refractivity contribution is 6.22. The third-order valence-corrected chi connectivity index (χ3v) is 0.945. The number of hydrogen-bond acceptors (Lipinski definition) is 5. The molecule has 0 aliphatic rings. The predicted octanol–water partition coefficient (Wildman–Crippen LogP) is -6.05. The van der Waals surface area contributed by atoms with Crippen molar-refractivity contribution in [1.29, 1.82) is 0 Å². The van der Waals surface area contributed by atoms with E-state index in [9.17, 15) is 0 Å². The molecule has 0 radical (unpaired) electrons. The highest BCUT2D eigenvalue weighted by Gasteiger charge is 2.20. The second-order valence-corrected chi connectivity index (χ2v) is 2.68. The predicted molar refractivity (Wildman–Crippen MR) is 57.5 cm³/mol. The van der Waals surface area contributed by atoms with Gasteiger partial charge < -0.3 is 30.6 Å². The molecule has 0 aliphatic carbocycles. The summed E-state index contributed by atoms with van der Waals surface area (Å²) in [7, 11) is -3.13. The van der Waals surface area contributed by atoms with Gasteiger partial charge in [0.15, 0.2) is 17.4 Å². The maximum atomic E-state index is 8.74. The molecule has 0 aliphatic heterocycles. The summed E-state index contributed by atoms with van der Waals surface area (Å²) < 4.78 is 8.74. The summed E-state index contributed by atoms with van der Waals surface area (Å²) in [5.41, 5.74) is 3.94. The average molecular weight is 256 g/mol. The van der Waals surface area contributed by atoms with Crippen LogP contribution in [0.25, 0.3) is 0 Å². The summed E-state index contributed by atoms with van der Waals surface area (Å²) in [5.74, 6) is 0. The van der Waals surface area contributed by atoms with Crippen molar-refractivity contribution < 1.29 is 29.4 Å². The van der Waals surface area contributed by atoms with Crippen LogP contribution >= 0.6 is 0 Å². The highest BCUT2D eigenvalue weighted by atomic mass is 28.3. The fraction of sp³-hybridized carbons (Fsp3) is 1.00. The van der Waals surface area contributed by atoms with Gasteiger partial charge in [0.05, 0.1) is 25.4 Å². The summed E-state index contributed by atoms with van der Waals surface area (Å²) in [6.45, 7) is -1.21. The van der Waals surface area contributed by atoms with E-state index >= 15 is 0 Å². The van der Waals surface area contributed by atoms with Crippen LogP contribution in [0.15, 0.2) is 0 Å². The Balaban J connectivity index is -0.0000000733. The van der Waals surface area contributed by atoms with Crippen molar-refractivity contribution in [3.05, 3.63) is 0 Å². The van der Waals surface area contributed by atoms with Gasteiger partial charge in [-0.25, -0.2) is 0 Å². The van der Waals surface area contributed by atoms with E-state index in [1.165, 1.54) is 0 Å². The Hall–Kier alpha value is 0.756. The van der Waals surface area contributed by atoms with E-state index in [4.69, 9.17) is 35.1 Å². The first-order chi connectivity index (χ1) is 5.41. The molecule has 0 atom stereocenters. The topological polar surface area (TPSA) is 144 Å². The van der Waals surface area contributed by atoms with Crippen LogP contribution in [0.4, 0.5) is 0 Å². The number of aliphatic hydroxyl groups excluding tert-OH is 3. The van der Waals surface area contributed by atoms with Crippen molar-refractivity contribution in [2.24, 2.45) is 5.73 Å². The summed E-state index contributed by atoms with van der Waals surface area (Å²) >= 11 is 0. The molecule has 0 aromatic rings. The van der Waals surface area contributed by atoms with Crippen molar-refractivity contribution >= 4 is 49.6 Å². The zero-order valence-corrected chi connectivity index (χ0v) is 7.34. The minimum Gasteiger partial charge on any atom is -0.511 e. The molecule has 0 saturated heterocycles. The number of aliphatic hydroxyl groups is 3. The average Bonchev–Trinajstić information content (AvgIpc) is 2.02. The van der Waals surface area contributed by atoms with E-state index in [0.29, 0.717) is 0 Å². The molecule has 0 spiro atoms. The molecule has 0 amide bonds. The molecule has 0 rings (SSSR count). The van der Waals surface area contributed by atoms with Crippen molar-refractivity contribution in [2.45, 2.75) is 5.54 Å².